The number of aliphatic hydroxyl groups excluding tert-OH is 6. The molecule has 792 valence electrons. The molecule has 0 bridgehead atoms. The molecule has 4 fully saturated rings. The van der Waals surface area contributed by atoms with Crippen LogP contribution < -0.4 is 81.4 Å². The molecule has 4 aliphatic heterocycles. The maximum atomic E-state index is 9.56. The summed E-state index contributed by atoms with van der Waals surface area (Å²) in [5.74, 6) is 10.2. The molecular weight excluding hydrogens is 3380 g/mol. The molecule has 0 radical (unpaired) electrons. The van der Waals surface area contributed by atoms with Crippen molar-refractivity contribution in [3.63, 3.8) is 0 Å². The van der Waals surface area contributed by atoms with Crippen LogP contribution in [0.15, 0.2) is 125 Å². The number of nitrogens with one attached hydrogen (secondary N) is 1. The van der Waals surface area contributed by atoms with E-state index in [1.54, 1.807) is 37.1 Å². The summed E-state index contributed by atoms with van der Waals surface area (Å²) >= 11 is 7.86. The minimum absolute atomic E-state index is 0. The zero-order chi connectivity index (χ0) is 102. The number of halogens is 6. The molecule has 7 N–H and O–H groups in total. The number of alkyl halides is 1. The summed E-state index contributed by atoms with van der Waals surface area (Å²) in [5, 5.41) is 102. The Labute approximate surface area is 1030 Å². The maximum Gasteiger partial charge on any atom is 2.00 e. The van der Waals surface area contributed by atoms with Crippen molar-refractivity contribution in [3.8, 4) is 6.07 Å². The minimum atomic E-state index is -2.07. The molecule has 0 spiro atoms. The van der Waals surface area contributed by atoms with Crippen molar-refractivity contribution in [2.45, 2.75) is 187 Å². The van der Waals surface area contributed by atoms with E-state index in [9.17, 15) is 5.26 Å². The van der Waals surface area contributed by atoms with Crippen molar-refractivity contribution in [2.75, 3.05) is 106 Å². The number of nitrogens with zero attached hydrogens (tertiary/aromatic N) is 20. The monoisotopic (exact) mass is 3540 g/mol. The van der Waals surface area contributed by atoms with E-state index < -0.39 is 27.9 Å². The van der Waals surface area contributed by atoms with Crippen LogP contribution in [0.5, 0.6) is 0 Å². The summed E-state index contributed by atoms with van der Waals surface area (Å²) in [4.78, 5) is 38.4. The second kappa shape index (κ2) is 128. The number of ether oxygens (including phenoxy) is 1. The largest absolute Gasteiger partial charge is 2.00 e. The number of tetrazole rings is 3. The Bertz CT molecular complexity index is 3770. The van der Waals surface area contributed by atoms with E-state index in [2.05, 4.69) is 341 Å². The maximum absolute atomic E-state index is 9.56. The molecule has 139 heavy (non-hydrogen) atoms. The number of azide groups is 1. The fraction of sp³-hybridized carbons (Fsp3) is 0.573. The first-order valence-electron chi connectivity index (χ1n) is 42.2. The Morgan fingerprint density at radius 3 is 1.11 bits per heavy atom. The molecule has 4 aliphatic rings. The average molecular weight is 3540 g/mol. The van der Waals surface area contributed by atoms with Gasteiger partial charge in [0.2, 0.25) is 9.23 Å². The molecule has 4 saturated heterocycles. The summed E-state index contributed by atoms with van der Waals surface area (Å²) in [7, 11) is 31.0. The van der Waals surface area contributed by atoms with Crippen LogP contribution in [0.3, 0.4) is 0 Å². The van der Waals surface area contributed by atoms with Crippen molar-refractivity contribution in [2.24, 2.45) is 41.1 Å². The van der Waals surface area contributed by atoms with Gasteiger partial charge in [0.15, 0.2) is 17.5 Å². The van der Waals surface area contributed by atoms with Crippen LogP contribution in [0.1, 0.15) is 191 Å². The molecule has 0 aliphatic carbocycles. The van der Waals surface area contributed by atoms with Crippen LogP contribution in [0, 0.1) is 81.8 Å². The molecule has 7 aromatic rings. The van der Waals surface area contributed by atoms with Crippen LogP contribution in [0.4, 0.5) is 0 Å². The Hall–Kier alpha value is 0.977. The number of aliphatic hydroxyl groups is 5. The van der Waals surface area contributed by atoms with Gasteiger partial charge in [-0.05, 0) is 174 Å². The first-order chi connectivity index (χ1) is 61.7. The number of hydrogen-bond donors (Lipinski definition) is 7. The number of likely N-dealkylation sites (tertiary alicyclic amines) is 4. The summed E-state index contributed by atoms with van der Waals surface area (Å²) in [6.07, 6.45) is 6.35. The fourth-order valence-electron chi connectivity index (χ4n) is 12.9. The quantitative estimate of drug-likeness (QED) is 0.00527. The molecule has 4 aromatic carbocycles. The van der Waals surface area contributed by atoms with E-state index >= 15 is 0 Å². The first-order valence-corrected chi connectivity index (χ1v) is 57.7. The number of aromatic nitrogens is 12. The number of benzene rings is 4. The van der Waals surface area contributed by atoms with Gasteiger partial charge in [-0.1, -0.05) is 248 Å². The predicted octanol–water partition coefficient (Wildman–Crippen LogP) is 7.45. The molecule has 11 rings (SSSR count). The molecule has 50 heteroatoms. The number of H-pyrrole nitrogens is 1. The Kier molecular flexibility index (Phi) is 172. The normalized spacial score (nSPS) is 17.7. The summed E-state index contributed by atoms with van der Waals surface area (Å²) in [6, 6.07) is 44.1. The third-order valence-electron chi connectivity index (χ3n) is 17.5. The Morgan fingerprint density at radius 1 is 0.619 bits per heavy atom. The van der Waals surface area contributed by atoms with E-state index in [1.807, 2.05) is 139 Å². The topological polar surface area (TPSA) is 444 Å². The number of piperidine rings is 4. The van der Waals surface area contributed by atoms with Crippen molar-refractivity contribution < 1.29 is 289 Å². The number of aromatic amines is 1. The predicted molar refractivity (Wildman–Crippen MR) is 537 cm³/mol. The van der Waals surface area contributed by atoms with E-state index in [0.717, 1.165) is 101 Å². The van der Waals surface area contributed by atoms with Crippen molar-refractivity contribution in [3.05, 3.63) is 218 Å². The number of aryl methyl sites for hydroxylation is 2. The Morgan fingerprint density at radius 2 is 0.899 bits per heavy atom. The standard InChI is InChI=1S/2C15H20N5.C14H18N5.C14H17N2.C5H10NO.4C2H6O.5C2H6.2CH2Br.CH3ClO.CH2O3.CHO2.3CH3.BrH.Cl2OS.N3.2Na.Sn.7W.H/c1-12-11-19(2)10-9-15(12,13-7-5-4-6-8-13)14-16-17-18-20(14)3;1-12-11-19(2)10-9-15(12,13-7-5-4-6-8-13)14-16-18-20(3)17-14;1-11-10-19(2)9-8-14(11,13-15-17-18-16-13)12-6-4-3-5-7-12;1-12-10-16(2)9-8-14(12,11-15)13-6-4-3-5-7-13;1-4-7-5-6(2)3;4*1-2-3;7*1-2;2-1-3;2-1-4-3;2-1-3;;;;;1-4(2)3;1-3-2;;;;;;;;;;;/h2*4-8,12H,2,9-11H2,1,3H3;3-7,11H,2,8-10H2,1H3,(H,15,16,17,18);3-7,12H,2,8-10H2,1H3;1,4H2,2-3H3;4*3H,2H2,1H3;5*1-2H3;2*1H2;3H,1H2;1,3H;(H,2,3);3*1H3;1H;;;;;;;;;;;;;/q5*-1;;;;;;;;;;2*-1;;;-1;;;;;;-1;3*+1;;;;;;2*+2;-1/p-2. The van der Waals surface area contributed by atoms with Crippen LogP contribution in [0.2, 0.25) is 14.8 Å². The molecule has 0 amide bonds. The van der Waals surface area contributed by atoms with Crippen molar-refractivity contribution in [1.29, 1.82) is 5.26 Å². The van der Waals surface area contributed by atoms with Gasteiger partial charge >= 0.3 is 148 Å². The van der Waals surface area contributed by atoms with E-state index in [-0.39, 0.29) is 286 Å². The van der Waals surface area contributed by atoms with Gasteiger partial charge in [0.05, 0.1) is 34.8 Å². The second-order valence-corrected chi connectivity index (χ2v) is 42.6. The average Bonchev–Trinajstić information content (AvgIpc) is 1.48. The van der Waals surface area contributed by atoms with Crippen LogP contribution in [-0.2, 0) is 212 Å². The van der Waals surface area contributed by atoms with Gasteiger partial charge < -0.3 is 132 Å². The smallest absolute Gasteiger partial charge is 1.00 e. The third-order valence-corrected chi connectivity index (χ3v) is 19.5. The Balaban J connectivity index is -0.0000000595. The molecule has 7 heterocycles. The SMILES string of the molecule is CC.CC.CC.CC.CC.CCO.CCO.CCO.CCO.O=CO[O-].O=S(Cl)Cl.O=[C-]O.OCCl.[Br-].[CH2-]Br.[CH2-]Br.[CH2-]CO[C-]=[N+](C)C.[CH2-]N1CCC(C#N)(c2ccccc2)C(C)C1.[CH2-]N1CCC(c2ccccc2)(c2nn[nH]n2)C(C)C1.[CH2-]N1CCC(c2ccccc2)(c2nnn(C)n2)C(C)C1.[CH2-]N1CCC(c2ccccc2)(c2nnnn2C)C(C)C1.[CH3][Sn]([CH3])([CH3])[N]=[N+]=[N-].[H-].[Na+].[Na+].[W+2].[W+2].[W].[W].[W].[W].[W]. The summed E-state index contributed by atoms with van der Waals surface area (Å²) < 4.78 is 20.9. The van der Waals surface area contributed by atoms with E-state index in [0.29, 0.717) is 36.8 Å². The first kappa shape index (κ1) is 188. The molecule has 33 nitrogen and oxygen atoms in total. The summed E-state index contributed by atoms with van der Waals surface area (Å²) in [5.41, 5.74) is 12.1. The summed E-state index contributed by atoms with van der Waals surface area (Å²) in [6.45, 7) is 48.3. The van der Waals surface area contributed by atoms with Gasteiger partial charge in [-0.3, -0.25) is 44.7 Å². The zero-order valence-electron chi connectivity index (χ0n) is 87.7. The molecule has 3 aromatic heterocycles. The van der Waals surface area contributed by atoms with Crippen LogP contribution >= 0.6 is 64.8 Å². The molecule has 8 unspecified atom stereocenters. The molecule has 8 atom stereocenters. The third kappa shape index (κ3) is 83.3. The molecular formula is C89H158Br3Cl3N21Na2O12SSnW7-5. The van der Waals surface area contributed by atoms with E-state index in [1.165, 1.54) is 16.7 Å². The van der Waals surface area contributed by atoms with Crippen molar-refractivity contribution in [1.82, 2.24) is 80.6 Å². The van der Waals surface area contributed by atoms with Gasteiger partial charge in [0.25, 0.3) is 6.47 Å². The number of carbonyl (C=O) groups excluding carboxylic acids is 1. The zero-order valence-corrected chi connectivity index (χ0v) is 122. The minimum Gasteiger partial charge on any atom is -1.00 e. The van der Waals surface area contributed by atoms with Gasteiger partial charge in [-0.25, -0.2) is 8.89 Å². The number of hydrogen-bond acceptors (Lipinski definition) is 26. The van der Waals surface area contributed by atoms with Crippen LogP contribution in [-0.4, -0.2) is 264 Å². The number of nitriles is 1. The fourth-order valence-corrected chi connectivity index (χ4v) is 13.6. The second-order valence-electron chi connectivity index (χ2n) is 26.9. The molecule has 0 saturated carbocycles. The van der Waals surface area contributed by atoms with Gasteiger partial charge in [0.1, 0.15) is 20.2 Å². The van der Waals surface area contributed by atoms with Crippen molar-refractivity contribution >= 4 is 112 Å². The van der Waals surface area contributed by atoms with Gasteiger partial charge in [-0.2, -0.15) is 15.3 Å². The number of carbonyl (C=O) groups is 1. The van der Waals surface area contributed by atoms with Gasteiger partial charge in [0, 0.05) is 160 Å². The van der Waals surface area contributed by atoms with Gasteiger partial charge in [-0.15, -0.1) is 25.5 Å². The van der Waals surface area contributed by atoms with E-state index in [4.69, 9.17) is 55.2 Å². The number of rotatable bonds is 11. The van der Waals surface area contributed by atoms with Crippen LogP contribution in [0.25, 0.3) is 10.4 Å².